The number of anilines is 1. The molecule has 0 spiro atoms. The molecule has 2 aromatic heterocycles. The third-order valence-corrected chi connectivity index (χ3v) is 7.45. The van der Waals surface area contributed by atoms with Gasteiger partial charge in [0.25, 0.3) is 5.91 Å². The Hall–Kier alpha value is -2.61. The summed E-state index contributed by atoms with van der Waals surface area (Å²) in [5, 5.41) is 1.07. The maximum absolute atomic E-state index is 12.1. The molecule has 3 fully saturated rings. The van der Waals surface area contributed by atoms with Gasteiger partial charge in [-0.25, -0.2) is 4.98 Å². The minimum atomic E-state index is -1.08. The Morgan fingerprint density at radius 3 is 2.56 bits per heavy atom. The average molecular weight is 441 g/mol. The van der Waals surface area contributed by atoms with Crippen LogP contribution < -0.4 is 10.6 Å². The van der Waals surface area contributed by atoms with Crippen molar-refractivity contribution in [2.24, 2.45) is 17.6 Å². The van der Waals surface area contributed by atoms with Crippen molar-refractivity contribution in [2.75, 3.05) is 37.6 Å². The van der Waals surface area contributed by atoms with Crippen molar-refractivity contribution in [3.05, 3.63) is 24.6 Å². The molecule has 1 aliphatic heterocycles. The van der Waals surface area contributed by atoms with E-state index in [4.69, 9.17) is 14.9 Å². The van der Waals surface area contributed by atoms with Crippen molar-refractivity contribution >= 4 is 28.7 Å². The number of amides is 1. The number of ether oxygens (including phenoxy) is 1. The number of pyridine rings is 1. The number of rotatable bonds is 7. The van der Waals surface area contributed by atoms with Gasteiger partial charge in [-0.1, -0.05) is 0 Å². The molecule has 3 heterocycles. The fourth-order valence-electron chi connectivity index (χ4n) is 5.11. The summed E-state index contributed by atoms with van der Waals surface area (Å²) in [5.74, 6) is 0.814. The highest BCUT2D eigenvalue weighted by Crippen LogP contribution is 2.39. The van der Waals surface area contributed by atoms with E-state index in [0.29, 0.717) is 18.8 Å². The molecular weight excluding hydrogens is 408 g/mol. The third-order valence-electron chi connectivity index (χ3n) is 7.45. The van der Waals surface area contributed by atoms with Gasteiger partial charge in [0.15, 0.2) is 5.60 Å². The van der Waals surface area contributed by atoms with Gasteiger partial charge in [0.2, 0.25) is 0 Å². The predicted octanol–water partition coefficient (Wildman–Crippen LogP) is 2.71. The normalized spacial score (nSPS) is 26.9. The molecule has 1 saturated heterocycles. The van der Waals surface area contributed by atoms with Gasteiger partial charge in [-0.2, -0.15) is 0 Å². The summed E-state index contributed by atoms with van der Waals surface area (Å²) in [4.78, 5) is 33.7. The first-order chi connectivity index (χ1) is 15.5. The second-order valence-electron chi connectivity index (χ2n) is 9.58. The number of hydrogen-bond donors (Lipinski definition) is 1. The molecule has 8 heteroatoms. The van der Waals surface area contributed by atoms with E-state index in [1.165, 1.54) is 0 Å². The van der Waals surface area contributed by atoms with Crippen molar-refractivity contribution in [1.29, 1.82) is 0 Å². The van der Waals surface area contributed by atoms with Crippen LogP contribution in [-0.2, 0) is 14.3 Å². The number of piperazine rings is 1. The second-order valence-corrected chi connectivity index (χ2v) is 9.58. The number of carbonyl (C=O) groups excluding carboxylic acids is 2. The first-order valence-electron chi connectivity index (χ1n) is 11.9. The van der Waals surface area contributed by atoms with Gasteiger partial charge in [0.1, 0.15) is 11.4 Å². The highest BCUT2D eigenvalue weighted by Gasteiger charge is 2.46. The summed E-state index contributed by atoms with van der Waals surface area (Å²) < 4.78 is 11.2. The summed E-state index contributed by atoms with van der Waals surface area (Å²) in [6.07, 6.45) is 9.25. The number of hydrogen-bond acceptors (Lipinski definition) is 7. The number of carbonyl (C=O) groups is 2. The van der Waals surface area contributed by atoms with Gasteiger partial charge in [-0.15, -0.1) is 0 Å². The van der Waals surface area contributed by atoms with Crippen LogP contribution in [0.3, 0.4) is 0 Å². The van der Waals surface area contributed by atoms with Crippen LogP contribution >= 0.6 is 0 Å². The van der Waals surface area contributed by atoms with Crippen molar-refractivity contribution in [2.45, 2.75) is 50.5 Å². The minimum Gasteiger partial charge on any atom is -0.464 e. The maximum Gasteiger partial charge on any atom is 0.309 e. The fraction of sp³-hybridized carbons (Fsp3) is 0.625. The highest BCUT2D eigenvalue weighted by molar-refractivity contribution is 5.88. The molecule has 0 atom stereocenters. The van der Waals surface area contributed by atoms with E-state index in [0.717, 1.165) is 81.6 Å². The van der Waals surface area contributed by atoms with Crippen molar-refractivity contribution in [3.8, 4) is 0 Å². The highest BCUT2D eigenvalue weighted by atomic mass is 16.6. The molecule has 2 aromatic rings. The zero-order chi connectivity index (χ0) is 22.1. The number of aromatic nitrogens is 1. The van der Waals surface area contributed by atoms with Crippen LogP contribution in [0, 0.1) is 11.8 Å². The molecule has 0 unspecified atom stereocenters. The fourth-order valence-corrected chi connectivity index (χ4v) is 5.11. The molecule has 2 saturated carbocycles. The molecule has 32 heavy (non-hydrogen) atoms. The van der Waals surface area contributed by atoms with Crippen LogP contribution in [0.2, 0.25) is 0 Å². The smallest absolute Gasteiger partial charge is 0.309 e. The topological polar surface area (TPSA) is 102 Å². The number of esters is 1. The molecular formula is C24H32N4O4. The summed E-state index contributed by atoms with van der Waals surface area (Å²) in [5.41, 5.74) is 5.45. The van der Waals surface area contributed by atoms with E-state index in [2.05, 4.69) is 14.8 Å². The van der Waals surface area contributed by atoms with Gasteiger partial charge >= 0.3 is 5.97 Å². The zero-order valence-electron chi connectivity index (χ0n) is 18.5. The minimum absolute atomic E-state index is 0.0155. The Bertz CT molecular complexity index is 969. The molecule has 3 aliphatic rings. The lowest BCUT2D eigenvalue weighted by Crippen LogP contribution is -2.50. The van der Waals surface area contributed by atoms with Crippen LogP contribution in [0.25, 0.3) is 11.0 Å². The number of nitrogens with two attached hydrogens (primary N) is 1. The van der Waals surface area contributed by atoms with E-state index in [9.17, 15) is 9.59 Å². The summed E-state index contributed by atoms with van der Waals surface area (Å²) in [6.45, 7) is 4.96. The van der Waals surface area contributed by atoms with Crippen LogP contribution in [0.1, 0.15) is 44.9 Å². The molecule has 2 aliphatic carbocycles. The standard InChI is InChI=1S/C24H32N4O4/c25-23(30)24(32-22(29)18-1-2-18)8-3-17(4-9-24)6-11-27-12-14-28(15-13-27)21-19-7-16-31-20(19)5-10-26-21/h5,7,10,16-18H,1-4,6,8-9,11-15H2,(H2,25,30). The van der Waals surface area contributed by atoms with Gasteiger partial charge in [0.05, 0.1) is 17.6 Å². The van der Waals surface area contributed by atoms with Crippen LogP contribution in [-0.4, -0.2) is 60.1 Å². The SMILES string of the molecule is NC(=O)C1(OC(=O)C2CC2)CCC(CCN2CCN(c3nccc4occc34)CC2)CC1. The Morgan fingerprint density at radius 2 is 1.88 bits per heavy atom. The van der Waals surface area contributed by atoms with E-state index in [1.807, 2.05) is 18.3 Å². The maximum atomic E-state index is 12.1. The number of furan rings is 1. The third kappa shape index (κ3) is 4.33. The molecule has 0 aromatic carbocycles. The summed E-state index contributed by atoms with van der Waals surface area (Å²) in [7, 11) is 0. The lowest BCUT2D eigenvalue weighted by atomic mass is 9.77. The number of nitrogens with zero attached hydrogens (tertiary/aromatic N) is 3. The van der Waals surface area contributed by atoms with E-state index < -0.39 is 11.5 Å². The lowest BCUT2D eigenvalue weighted by molar-refractivity contribution is -0.173. The zero-order valence-corrected chi connectivity index (χ0v) is 18.5. The average Bonchev–Trinajstić information content (AvgIpc) is 3.56. The molecule has 0 bridgehead atoms. The van der Waals surface area contributed by atoms with Crippen molar-refractivity contribution < 1.29 is 18.7 Å². The van der Waals surface area contributed by atoms with E-state index in [-0.39, 0.29) is 11.9 Å². The van der Waals surface area contributed by atoms with Crippen LogP contribution in [0.15, 0.2) is 29.0 Å². The number of fused-ring (bicyclic) bond motifs is 1. The van der Waals surface area contributed by atoms with Crippen LogP contribution in [0.5, 0.6) is 0 Å². The van der Waals surface area contributed by atoms with Crippen LogP contribution in [0.4, 0.5) is 5.82 Å². The summed E-state index contributed by atoms with van der Waals surface area (Å²) in [6, 6.07) is 3.89. The van der Waals surface area contributed by atoms with Gasteiger partial charge in [-0.3, -0.25) is 14.5 Å². The quantitative estimate of drug-likeness (QED) is 0.661. The lowest BCUT2D eigenvalue weighted by Gasteiger charge is -2.39. The first kappa shape index (κ1) is 21.2. The van der Waals surface area contributed by atoms with E-state index in [1.54, 1.807) is 6.26 Å². The molecule has 2 N–H and O–H groups in total. The summed E-state index contributed by atoms with van der Waals surface area (Å²) >= 11 is 0. The van der Waals surface area contributed by atoms with Gasteiger partial charge in [-0.05, 0) is 69.5 Å². The predicted molar refractivity (Wildman–Crippen MR) is 120 cm³/mol. The van der Waals surface area contributed by atoms with E-state index >= 15 is 0 Å². The first-order valence-corrected chi connectivity index (χ1v) is 11.9. The van der Waals surface area contributed by atoms with Gasteiger partial charge in [0, 0.05) is 32.4 Å². The van der Waals surface area contributed by atoms with Crippen molar-refractivity contribution in [1.82, 2.24) is 9.88 Å². The molecule has 5 rings (SSSR count). The Labute approximate surface area is 188 Å². The number of primary amides is 1. The second kappa shape index (κ2) is 8.73. The molecule has 1 amide bonds. The Balaban J connectivity index is 1.08. The Morgan fingerprint density at radius 1 is 1.12 bits per heavy atom. The largest absolute Gasteiger partial charge is 0.464 e. The monoisotopic (exact) mass is 440 g/mol. The van der Waals surface area contributed by atoms with Crippen molar-refractivity contribution in [3.63, 3.8) is 0 Å². The molecule has 0 radical (unpaired) electrons. The molecule has 172 valence electrons. The Kier molecular flexibility index (Phi) is 5.80. The molecule has 8 nitrogen and oxygen atoms in total. The van der Waals surface area contributed by atoms with Gasteiger partial charge < -0.3 is 19.8 Å².